The lowest BCUT2D eigenvalue weighted by molar-refractivity contribution is 0.0220. The molecular weight excluding hydrogens is 472 g/mol. The van der Waals surface area contributed by atoms with Gasteiger partial charge in [-0.2, -0.15) is 0 Å². The van der Waals surface area contributed by atoms with Crippen molar-refractivity contribution >= 4 is 23.6 Å². The molecule has 37 heavy (non-hydrogen) atoms. The van der Waals surface area contributed by atoms with E-state index in [0.29, 0.717) is 50.8 Å². The molecule has 1 saturated heterocycles. The average molecular weight is 511 g/mol. The number of aromatic nitrogens is 2. The Morgan fingerprint density at radius 1 is 1.14 bits per heavy atom. The van der Waals surface area contributed by atoms with Crippen LogP contribution in [-0.2, 0) is 22.4 Å². The van der Waals surface area contributed by atoms with E-state index in [1.807, 2.05) is 52.0 Å². The van der Waals surface area contributed by atoms with Gasteiger partial charge in [-0.25, -0.2) is 19.6 Å². The number of carbonyl (C=O) groups is 2. The van der Waals surface area contributed by atoms with E-state index in [0.717, 1.165) is 35.6 Å². The van der Waals surface area contributed by atoms with Crippen LogP contribution in [0.5, 0.6) is 0 Å². The lowest BCUT2D eigenvalue weighted by Gasteiger charge is -2.39. The number of rotatable bonds is 5. The summed E-state index contributed by atoms with van der Waals surface area (Å²) in [6.45, 7) is 13.2. The summed E-state index contributed by atoms with van der Waals surface area (Å²) in [5.41, 5.74) is 2.87. The molecule has 1 fully saturated rings. The monoisotopic (exact) mass is 510 g/mol. The summed E-state index contributed by atoms with van der Waals surface area (Å²) < 4.78 is 11.4. The molecule has 10 heteroatoms. The van der Waals surface area contributed by atoms with Gasteiger partial charge < -0.3 is 29.9 Å². The number of carbonyl (C=O) groups excluding carboxylic acids is 2. The third-order valence-corrected chi connectivity index (χ3v) is 6.40. The van der Waals surface area contributed by atoms with Crippen molar-refractivity contribution in [1.29, 1.82) is 0 Å². The highest BCUT2D eigenvalue weighted by atomic mass is 16.6. The Kier molecular flexibility index (Phi) is 8.16. The summed E-state index contributed by atoms with van der Waals surface area (Å²) in [6.07, 6.45) is 1.27. The Balaban J connectivity index is 1.68. The number of nitrogens with one attached hydrogen (secondary N) is 2. The molecule has 0 aliphatic carbocycles. The minimum atomic E-state index is -0.564. The molecule has 0 saturated carbocycles. The largest absolute Gasteiger partial charge is 0.444 e. The Morgan fingerprint density at radius 2 is 1.89 bits per heavy atom. The van der Waals surface area contributed by atoms with E-state index in [-0.39, 0.29) is 18.2 Å². The number of amides is 3. The highest BCUT2D eigenvalue weighted by Gasteiger charge is 2.32. The van der Waals surface area contributed by atoms with Crippen molar-refractivity contribution in [2.24, 2.45) is 0 Å². The van der Waals surface area contributed by atoms with Crippen LogP contribution in [0.15, 0.2) is 24.3 Å². The third kappa shape index (κ3) is 6.49. The number of morpholine rings is 1. The second kappa shape index (κ2) is 11.3. The van der Waals surface area contributed by atoms with Crippen LogP contribution < -0.4 is 15.5 Å². The summed E-state index contributed by atoms with van der Waals surface area (Å²) in [7, 11) is 0. The first-order valence-corrected chi connectivity index (χ1v) is 13.1. The number of hydrogen-bond acceptors (Lipinski definition) is 7. The number of hydrogen-bond donors (Lipinski definition) is 2. The van der Waals surface area contributed by atoms with Gasteiger partial charge in [-0.05, 0) is 64.8 Å². The van der Waals surface area contributed by atoms with Gasteiger partial charge in [-0.1, -0.05) is 6.92 Å². The molecule has 200 valence electrons. The zero-order chi connectivity index (χ0) is 26.6. The van der Waals surface area contributed by atoms with Gasteiger partial charge in [0.1, 0.15) is 11.4 Å². The second-order valence-electron chi connectivity index (χ2n) is 10.3. The maximum absolute atomic E-state index is 12.8. The number of urea groups is 1. The van der Waals surface area contributed by atoms with E-state index in [1.54, 1.807) is 4.90 Å². The molecule has 0 bridgehead atoms. The van der Waals surface area contributed by atoms with Crippen LogP contribution in [0.4, 0.5) is 21.1 Å². The molecule has 2 N–H and O–H groups in total. The van der Waals surface area contributed by atoms with E-state index in [1.165, 1.54) is 0 Å². The van der Waals surface area contributed by atoms with Crippen LogP contribution in [0.3, 0.4) is 0 Å². The molecule has 2 aromatic rings. The molecule has 0 spiro atoms. The Hall–Kier alpha value is -3.40. The summed E-state index contributed by atoms with van der Waals surface area (Å²) in [6, 6.07) is 7.46. The van der Waals surface area contributed by atoms with Gasteiger partial charge in [0.2, 0.25) is 0 Å². The van der Waals surface area contributed by atoms with Crippen molar-refractivity contribution in [3.05, 3.63) is 35.5 Å². The Morgan fingerprint density at radius 3 is 2.57 bits per heavy atom. The quantitative estimate of drug-likeness (QED) is 0.621. The molecule has 3 heterocycles. The molecule has 2 aliphatic rings. The minimum Gasteiger partial charge on any atom is -0.444 e. The van der Waals surface area contributed by atoms with Gasteiger partial charge in [0.25, 0.3) is 0 Å². The average Bonchev–Trinajstić information content (AvgIpc) is 2.87. The number of ether oxygens (including phenoxy) is 2. The molecule has 3 amide bonds. The molecule has 10 nitrogen and oxygen atoms in total. The normalized spacial score (nSPS) is 17.7. The molecule has 2 aliphatic heterocycles. The molecule has 0 unspecified atom stereocenters. The lowest BCUT2D eigenvalue weighted by Crippen LogP contribution is -2.47. The highest BCUT2D eigenvalue weighted by Crippen LogP contribution is 2.32. The molecule has 1 atom stereocenters. The SMILES string of the molecule is CCNC(=O)Nc1ccc(-c2nc3c(c(N4CCOC[C@@H]4CC)n2)CCN(C(=O)OC(C)(C)C)C3)cc1. The van der Waals surface area contributed by atoms with Crippen LogP contribution in [0, 0.1) is 0 Å². The van der Waals surface area contributed by atoms with Gasteiger partial charge in [-0.3, -0.25) is 0 Å². The van der Waals surface area contributed by atoms with Crippen LogP contribution in [0.2, 0.25) is 0 Å². The van der Waals surface area contributed by atoms with Gasteiger partial charge in [-0.15, -0.1) is 0 Å². The van der Waals surface area contributed by atoms with Crippen LogP contribution in [0.25, 0.3) is 11.4 Å². The van der Waals surface area contributed by atoms with E-state index in [2.05, 4.69) is 22.5 Å². The smallest absolute Gasteiger partial charge is 0.410 e. The zero-order valence-corrected chi connectivity index (χ0v) is 22.5. The fourth-order valence-corrected chi connectivity index (χ4v) is 4.57. The van der Waals surface area contributed by atoms with Gasteiger partial charge in [0.15, 0.2) is 5.82 Å². The maximum Gasteiger partial charge on any atom is 0.410 e. The summed E-state index contributed by atoms with van der Waals surface area (Å²) in [5.74, 6) is 1.51. The lowest BCUT2D eigenvalue weighted by atomic mass is 10.0. The fourth-order valence-electron chi connectivity index (χ4n) is 4.57. The first-order valence-electron chi connectivity index (χ1n) is 13.1. The summed E-state index contributed by atoms with van der Waals surface area (Å²) >= 11 is 0. The topological polar surface area (TPSA) is 109 Å². The van der Waals surface area contributed by atoms with Crippen molar-refractivity contribution < 1.29 is 19.1 Å². The van der Waals surface area contributed by atoms with E-state index < -0.39 is 5.60 Å². The second-order valence-corrected chi connectivity index (χ2v) is 10.3. The van der Waals surface area contributed by atoms with Gasteiger partial charge in [0.05, 0.1) is 31.5 Å². The summed E-state index contributed by atoms with van der Waals surface area (Å²) in [5, 5.41) is 5.54. The number of fused-ring (bicyclic) bond motifs is 1. The first kappa shape index (κ1) is 26.7. The number of anilines is 2. The predicted octanol–water partition coefficient (Wildman–Crippen LogP) is 4.19. The summed E-state index contributed by atoms with van der Waals surface area (Å²) in [4.78, 5) is 38.7. The molecule has 1 aromatic heterocycles. The van der Waals surface area contributed by atoms with Gasteiger partial charge >= 0.3 is 12.1 Å². The third-order valence-electron chi connectivity index (χ3n) is 6.40. The maximum atomic E-state index is 12.8. The van der Waals surface area contributed by atoms with Gasteiger partial charge in [0, 0.05) is 36.4 Å². The van der Waals surface area contributed by atoms with Crippen molar-refractivity contribution in [2.75, 3.05) is 43.1 Å². The Labute approximate surface area is 218 Å². The molecule has 1 aromatic carbocycles. The van der Waals surface area contributed by atoms with Crippen molar-refractivity contribution in [2.45, 2.75) is 65.6 Å². The van der Waals surface area contributed by atoms with E-state index in [4.69, 9.17) is 19.4 Å². The first-order chi connectivity index (χ1) is 17.7. The van der Waals surface area contributed by atoms with Crippen molar-refractivity contribution in [3.8, 4) is 11.4 Å². The van der Waals surface area contributed by atoms with Crippen LogP contribution >= 0.6 is 0 Å². The fraction of sp³-hybridized carbons (Fsp3) is 0.556. The zero-order valence-electron chi connectivity index (χ0n) is 22.5. The van der Waals surface area contributed by atoms with E-state index >= 15 is 0 Å². The van der Waals surface area contributed by atoms with Crippen molar-refractivity contribution in [1.82, 2.24) is 20.2 Å². The molecule has 4 rings (SSSR count). The molecular formula is C27H38N6O4. The molecule has 0 radical (unpaired) electrons. The minimum absolute atomic E-state index is 0.230. The van der Waals surface area contributed by atoms with E-state index in [9.17, 15) is 9.59 Å². The predicted molar refractivity (Wildman–Crippen MR) is 143 cm³/mol. The number of nitrogens with zero attached hydrogens (tertiary/aromatic N) is 4. The van der Waals surface area contributed by atoms with Crippen LogP contribution in [0.1, 0.15) is 52.3 Å². The Bertz CT molecular complexity index is 1120. The standard InChI is InChI=1S/C27H38N6O4/c1-6-20-17-36-15-14-33(20)24-21-12-13-32(26(35)37-27(3,4)5)16-22(21)30-23(31-24)18-8-10-19(11-9-18)29-25(34)28-7-2/h8-11,20H,6-7,12-17H2,1-5H3,(H2,28,29,34)/t20-/m0/s1. The van der Waals surface area contributed by atoms with Crippen molar-refractivity contribution in [3.63, 3.8) is 0 Å². The highest BCUT2D eigenvalue weighted by molar-refractivity contribution is 5.89. The number of benzene rings is 1. The van der Waals surface area contributed by atoms with Crippen LogP contribution in [-0.4, -0.2) is 71.5 Å².